The highest BCUT2D eigenvalue weighted by Gasteiger charge is 2.15. The molecule has 0 radical (unpaired) electrons. The van der Waals surface area contributed by atoms with Gasteiger partial charge in [-0.15, -0.1) is 0 Å². The summed E-state index contributed by atoms with van der Waals surface area (Å²) in [6.45, 7) is 9.04. The van der Waals surface area contributed by atoms with Gasteiger partial charge in [-0.05, 0) is 43.3 Å². The number of phenols is 1. The molecule has 0 bridgehead atoms. The molecule has 0 spiro atoms. The monoisotopic (exact) mass is 401 g/mol. The van der Waals surface area contributed by atoms with Crippen LogP contribution in [0.4, 0.5) is 0 Å². The second-order valence-electron chi connectivity index (χ2n) is 6.33. The molecule has 1 N–H and O–H groups in total. The van der Waals surface area contributed by atoms with Crippen LogP contribution in [0.15, 0.2) is 42.5 Å². The van der Waals surface area contributed by atoms with Crippen molar-refractivity contribution in [2.45, 2.75) is 27.3 Å². The fourth-order valence-corrected chi connectivity index (χ4v) is 5.88. The van der Waals surface area contributed by atoms with Gasteiger partial charge in [-0.25, -0.2) is 0 Å². The molecule has 0 unspecified atom stereocenters. The average molecular weight is 402 g/mol. The van der Waals surface area contributed by atoms with Gasteiger partial charge in [0.2, 0.25) is 0 Å². The van der Waals surface area contributed by atoms with Crippen LogP contribution in [-0.2, 0) is 6.54 Å². The van der Waals surface area contributed by atoms with E-state index in [4.69, 9.17) is 12.2 Å². The Morgan fingerprint density at radius 1 is 0.962 bits per heavy atom. The van der Waals surface area contributed by atoms with Crippen molar-refractivity contribution in [3.8, 4) is 27.3 Å². The molecule has 2 nitrogen and oxygen atoms in total. The summed E-state index contributed by atoms with van der Waals surface area (Å²) >= 11 is 5.65. The van der Waals surface area contributed by atoms with Gasteiger partial charge >= 0.3 is 0 Å². The quantitative estimate of drug-likeness (QED) is 0.366. The van der Waals surface area contributed by atoms with Crippen LogP contribution in [0, 0.1) is 10.7 Å². The van der Waals surface area contributed by atoms with Gasteiger partial charge in [-0.2, -0.15) is 0 Å². The van der Waals surface area contributed by atoms with E-state index in [1.807, 2.05) is 6.07 Å². The third-order valence-corrected chi connectivity index (χ3v) is 7.67. The van der Waals surface area contributed by atoms with E-state index in [0.717, 1.165) is 40.1 Å². The maximum absolute atomic E-state index is 10.3. The number of nitrogens with zero attached hydrogens (tertiary/aromatic N) is 1. The van der Waals surface area contributed by atoms with Gasteiger partial charge in [-0.3, -0.25) is 4.90 Å². The first kappa shape index (κ1) is 19.2. The molecule has 2 aromatic carbocycles. The van der Waals surface area contributed by atoms with Gasteiger partial charge in [0.25, 0.3) is 0 Å². The Morgan fingerprint density at radius 2 is 1.62 bits per heavy atom. The minimum atomic E-state index is 0.349. The summed E-state index contributed by atoms with van der Waals surface area (Å²) in [5.41, 5.74) is 5.59. The molecule has 0 fully saturated rings. The van der Waals surface area contributed by atoms with Crippen LogP contribution < -0.4 is 0 Å². The van der Waals surface area contributed by atoms with Crippen molar-refractivity contribution in [2.24, 2.45) is 0 Å². The standard InChI is InChI=1S/C21H23NOS3/c1-4-22(5-2)13-17-12-16(10-11-18(17)23)19-20(25-26-21(19)24)15-8-6-14(3)7-9-15/h6-12,23H,4-5,13H2,1-3H3. The topological polar surface area (TPSA) is 23.5 Å². The molecule has 1 aromatic heterocycles. The second-order valence-corrected chi connectivity index (χ2v) is 9.15. The zero-order chi connectivity index (χ0) is 18.7. The lowest BCUT2D eigenvalue weighted by Crippen LogP contribution is -2.22. The van der Waals surface area contributed by atoms with Gasteiger partial charge in [-0.1, -0.05) is 82.6 Å². The van der Waals surface area contributed by atoms with Crippen molar-refractivity contribution >= 4 is 32.9 Å². The largest absolute Gasteiger partial charge is 0.508 e. The van der Waals surface area contributed by atoms with Crippen LogP contribution in [-0.4, -0.2) is 23.1 Å². The highest BCUT2D eigenvalue weighted by atomic mass is 32.9. The van der Waals surface area contributed by atoms with Crippen LogP contribution in [0.3, 0.4) is 0 Å². The predicted molar refractivity (Wildman–Crippen MR) is 117 cm³/mol. The third kappa shape index (κ3) is 4.07. The summed E-state index contributed by atoms with van der Waals surface area (Å²) < 4.78 is 0.907. The average Bonchev–Trinajstić information content (AvgIpc) is 3.03. The fraction of sp³-hybridized carbons (Fsp3) is 0.286. The maximum Gasteiger partial charge on any atom is 0.120 e. The minimum absolute atomic E-state index is 0.349. The van der Waals surface area contributed by atoms with E-state index >= 15 is 0 Å². The Bertz CT molecular complexity index is 937. The van der Waals surface area contributed by atoms with Gasteiger partial charge in [0, 0.05) is 17.7 Å². The van der Waals surface area contributed by atoms with Crippen LogP contribution in [0.25, 0.3) is 21.6 Å². The smallest absolute Gasteiger partial charge is 0.120 e. The van der Waals surface area contributed by atoms with Gasteiger partial charge in [0.1, 0.15) is 9.57 Å². The lowest BCUT2D eigenvalue weighted by molar-refractivity contribution is 0.291. The van der Waals surface area contributed by atoms with Crippen molar-refractivity contribution in [3.05, 3.63) is 57.4 Å². The number of phenolic OH excluding ortho intramolecular Hbond substituents is 1. The number of benzene rings is 2. The molecule has 0 aliphatic heterocycles. The van der Waals surface area contributed by atoms with E-state index in [1.165, 1.54) is 16.0 Å². The van der Waals surface area contributed by atoms with Crippen LogP contribution >= 0.6 is 32.9 Å². The molecule has 0 saturated carbocycles. The molecule has 0 saturated heterocycles. The molecule has 0 aliphatic rings. The molecular formula is C21H23NOS3. The zero-order valence-corrected chi connectivity index (χ0v) is 17.7. The lowest BCUT2D eigenvalue weighted by Gasteiger charge is -2.19. The van der Waals surface area contributed by atoms with Crippen molar-refractivity contribution in [3.63, 3.8) is 0 Å². The number of aryl methyl sites for hydroxylation is 1. The fourth-order valence-electron chi connectivity index (χ4n) is 2.96. The van der Waals surface area contributed by atoms with Crippen LogP contribution in [0.2, 0.25) is 0 Å². The third-order valence-electron chi connectivity index (χ3n) is 4.60. The second kappa shape index (κ2) is 8.44. The number of hydrogen-bond donors (Lipinski definition) is 1. The molecule has 0 amide bonds. The van der Waals surface area contributed by atoms with Crippen molar-refractivity contribution < 1.29 is 5.11 Å². The Balaban J connectivity index is 2.06. The molecule has 26 heavy (non-hydrogen) atoms. The van der Waals surface area contributed by atoms with Gasteiger partial charge < -0.3 is 5.11 Å². The van der Waals surface area contributed by atoms with E-state index in [0.29, 0.717) is 5.75 Å². The van der Waals surface area contributed by atoms with Crippen molar-refractivity contribution in [1.82, 2.24) is 4.90 Å². The van der Waals surface area contributed by atoms with Gasteiger partial charge in [0.15, 0.2) is 0 Å². The first-order valence-electron chi connectivity index (χ1n) is 8.78. The zero-order valence-electron chi connectivity index (χ0n) is 15.3. The summed E-state index contributed by atoms with van der Waals surface area (Å²) in [7, 11) is 3.37. The highest BCUT2D eigenvalue weighted by Crippen LogP contribution is 2.42. The number of aromatic hydroxyl groups is 1. The maximum atomic E-state index is 10.3. The van der Waals surface area contributed by atoms with E-state index in [-0.39, 0.29) is 0 Å². The number of rotatable bonds is 6. The normalized spacial score (nSPS) is 11.2. The lowest BCUT2D eigenvalue weighted by atomic mass is 10.0. The SMILES string of the molecule is CCN(CC)Cc1cc(-c2c(-c3ccc(C)cc3)ssc2=S)ccc1O. The first-order valence-corrected chi connectivity index (χ1v) is 11.3. The van der Waals surface area contributed by atoms with Crippen LogP contribution in [0.5, 0.6) is 5.75 Å². The van der Waals surface area contributed by atoms with Crippen LogP contribution in [0.1, 0.15) is 25.0 Å². The first-order chi connectivity index (χ1) is 12.5. The molecule has 136 valence electrons. The summed E-state index contributed by atoms with van der Waals surface area (Å²) in [4.78, 5) is 3.50. The molecule has 0 atom stereocenters. The van der Waals surface area contributed by atoms with E-state index in [1.54, 1.807) is 26.7 Å². The Hall–Kier alpha value is -1.53. The predicted octanol–water partition coefficient (Wildman–Crippen LogP) is 6.73. The Morgan fingerprint density at radius 3 is 2.27 bits per heavy atom. The van der Waals surface area contributed by atoms with Gasteiger partial charge in [0.05, 0.1) is 4.88 Å². The van der Waals surface area contributed by atoms with Crippen molar-refractivity contribution in [2.75, 3.05) is 13.1 Å². The van der Waals surface area contributed by atoms with E-state index in [2.05, 4.69) is 56.0 Å². The Kier molecular flexibility index (Phi) is 6.24. The summed E-state index contributed by atoms with van der Waals surface area (Å²) in [5, 5.41) is 10.3. The molecule has 1 heterocycles. The van der Waals surface area contributed by atoms with Crippen molar-refractivity contribution in [1.29, 1.82) is 0 Å². The minimum Gasteiger partial charge on any atom is -0.508 e. The highest BCUT2D eigenvalue weighted by molar-refractivity contribution is 7.80. The molecule has 3 rings (SSSR count). The summed E-state index contributed by atoms with van der Waals surface area (Å²) in [5.74, 6) is 0.349. The molecule has 0 aliphatic carbocycles. The van der Waals surface area contributed by atoms with E-state index < -0.39 is 0 Å². The Labute approximate surface area is 167 Å². The number of hydrogen-bond acceptors (Lipinski definition) is 5. The molecule has 3 aromatic rings. The summed E-state index contributed by atoms with van der Waals surface area (Å²) in [6.07, 6.45) is 0. The van der Waals surface area contributed by atoms with E-state index in [9.17, 15) is 5.11 Å². The molecular weight excluding hydrogens is 378 g/mol. The molecule has 5 heteroatoms. The summed E-state index contributed by atoms with van der Waals surface area (Å²) in [6, 6.07) is 14.4.